The number of hydrogen-bond donors (Lipinski definition) is 2. The first-order valence-electron chi connectivity index (χ1n) is 6.94. The number of nitrogens with two attached hydrogens (primary N) is 1. The van der Waals surface area contributed by atoms with E-state index in [1.807, 2.05) is 30.8 Å². The number of nitrogens with zero attached hydrogens (tertiary/aromatic N) is 2. The average Bonchev–Trinajstić information content (AvgIpc) is 2.90. The molecule has 0 saturated heterocycles. The minimum atomic E-state index is -0.553. The van der Waals surface area contributed by atoms with Crippen molar-refractivity contribution in [1.29, 1.82) is 0 Å². The molecule has 1 aromatic carbocycles. The number of hydrazine groups is 1. The second kappa shape index (κ2) is 6.78. The van der Waals surface area contributed by atoms with Gasteiger partial charge < -0.3 is 0 Å². The highest BCUT2D eigenvalue weighted by Crippen LogP contribution is 2.16. The van der Waals surface area contributed by atoms with Crippen LogP contribution in [0.3, 0.4) is 0 Å². The van der Waals surface area contributed by atoms with Crippen LogP contribution in [0.2, 0.25) is 0 Å². The normalized spacial score (nSPS) is 12.9. The van der Waals surface area contributed by atoms with Gasteiger partial charge in [-0.15, -0.1) is 0 Å². The Labute approximate surface area is 122 Å². The van der Waals surface area contributed by atoms with E-state index < -0.39 is 11.6 Å². The molecule has 1 unspecified atom stereocenters. The van der Waals surface area contributed by atoms with Crippen molar-refractivity contribution in [2.75, 3.05) is 0 Å². The third-order valence-corrected chi connectivity index (χ3v) is 3.40. The van der Waals surface area contributed by atoms with Crippen LogP contribution in [0.5, 0.6) is 0 Å². The summed E-state index contributed by atoms with van der Waals surface area (Å²) >= 11 is 0. The monoisotopic (exact) mass is 294 g/mol. The average molecular weight is 294 g/mol. The topological polar surface area (TPSA) is 55.9 Å². The molecule has 3 N–H and O–H groups in total. The van der Waals surface area contributed by atoms with E-state index in [1.54, 1.807) is 0 Å². The molecule has 1 atom stereocenters. The molecule has 0 aliphatic carbocycles. The maximum atomic E-state index is 13.7. The SMILES string of the molecule is CC(C)n1ccc(CC(Cc2c(F)cccc2F)NN)n1. The summed E-state index contributed by atoms with van der Waals surface area (Å²) in [6, 6.07) is 5.73. The lowest BCUT2D eigenvalue weighted by Gasteiger charge is -2.15. The molecule has 6 heteroatoms. The number of aromatic nitrogens is 2. The summed E-state index contributed by atoms with van der Waals surface area (Å²) < 4.78 is 29.2. The lowest BCUT2D eigenvalue weighted by atomic mass is 10.0. The predicted molar refractivity (Wildman–Crippen MR) is 77.5 cm³/mol. The van der Waals surface area contributed by atoms with Gasteiger partial charge in [0.25, 0.3) is 0 Å². The van der Waals surface area contributed by atoms with Crippen LogP contribution in [0.15, 0.2) is 30.5 Å². The Morgan fingerprint density at radius 3 is 2.38 bits per heavy atom. The third-order valence-electron chi connectivity index (χ3n) is 3.40. The van der Waals surface area contributed by atoms with E-state index >= 15 is 0 Å². The molecule has 0 bridgehead atoms. The predicted octanol–water partition coefficient (Wildman–Crippen LogP) is 2.36. The molecular weight excluding hydrogens is 274 g/mol. The second-order valence-corrected chi connectivity index (χ2v) is 5.35. The fourth-order valence-corrected chi connectivity index (χ4v) is 2.19. The minimum Gasteiger partial charge on any atom is -0.271 e. The largest absolute Gasteiger partial charge is 0.271 e. The van der Waals surface area contributed by atoms with Crippen molar-refractivity contribution >= 4 is 0 Å². The Morgan fingerprint density at radius 1 is 1.19 bits per heavy atom. The van der Waals surface area contributed by atoms with Gasteiger partial charge in [-0.1, -0.05) is 6.07 Å². The zero-order chi connectivity index (χ0) is 15.4. The van der Waals surface area contributed by atoms with Gasteiger partial charge in [-0.2, -0.15) is 5.10 Å². The molecule has 2 rings (SSSR count). The van der Waals surface area contributed by atoms with Gasteiger partial charge in [0, 0.05) is 30.3 Å². The number of benzene rings is 1. The van der Waals surface area contributed by atoms with Crippen molar-refractivity contribution in [3.05, 3.63) is 53.4 Å². The first-order valence-corrected chi connectivity index (χ1v) is 6.94. The molecule has 0 saturated carbocycles. The van der Waals surface area contributed by atoms with Crippen LogP contribution >= 0.6 is 0 Å². The summed E-state index contributed by atoms with van der Waals surface area (Å²) in [5.41, 5.74) is 3.49. The Kier molecular flexibility index (Phi) is 5.03. The molecule has 1 aromatic heterocycles. The Morgan fingerprint density at radius 2 is 1.86 bits per heavy atom. The number of hydrogen-bond acceptors (Lipinski definition) is 3. The summed E-state index contributed by atoms with van der Waals surface area (Å²) in [6.07, 6.45) is 2.56. The highest BCUT2D eigenvalue weighted by molar-refractivity contribution is 5.21. The van der Waals surface area contributed by atoms with E-state index in [0.29, 0.717) is 6.42 Å². The Balaban J connectivity index is 2.09. The van der Waals surface area contributed by atoms with Crippen molar-refractivity contribution in [1.82, 2.24) is 15.2 Å². The van der Waals surface area contributed by atoms with Crippen LogP contribution in [0.25, 0.3) is 0 Å². The van der Waals surface area contributed by atoms with E-state index in [4.69, 9.17) is 5.84 Å². The van der Waals surface area contributed by atoms with Gasteiger partial charge in [0.1, 0.15) is 11.6 Å². The number of halogens is 2. The standard InChI is InChI=1S/C15H20F2N4/c1-10(2)21-7-6-11(20-21)8-12(19-18)9-13-14(16)4-3-5-15(13)17/h3-7,10,12,19H,8-9,18H2,1-2H3. The molecule has 1 heterocycles. The highest BCUT2D eigenvalue weighted by atomic mass is 19.1. The third kappa shape index (κ3) is 3.86. The van der Waals surface area contributed by atoms with E-state index in [2.05, 4.69) is 10.5 Å². The lowest BCUT2D eigenvalue weighted by Crippen LogP contribution is -2.39. The van der Waals surface area contributed by atoms with Crippen LogP contribution in [-0.4, -0.2) is 15.8 Å². The number of rotatable bonds is 6. The zero-order valence-electron chi connectivity index (χ0n) is 12.2. The smallest absolute Gasteiger partial charge is 0.129 e. The van der Waals surface area contributed by atoms with Crippen molar-refractivity contribution in [2.45, 2.75) is 38.8 Å². The van der Waals surface area contributed by atoms with Crippen LogP contribution in [0.4, 0.5) is 8.78 Å². The molecule has 21 heavy (non-hydrogen) atoms. The quantitative estimate of drug-likeness (QED) is 0.635. The minimum absolute atomic E-state index is 0.0451. The molecule has 0 amide bonds. The molecule has 4 nitrogen and oxygen atoms in total. The fraction of sp³-hybridized carbons (Fsp3) is 0.400. The summed E-state index contributed by atoms with van der Waals surface area (Å²) in [5.74, 6) is 4.40. The van der Waals surface area contributed by atoms with Gasteiger partial charge in [0.2, 0.25) is 0 Å². The van der Waals surface area contributed by atoms with Gasteiger partial charge in [-0.3, -0.25) is 16.0 Å². The van der Waals surface area contributed by atoms with E-state index in [1.165, 1.54) is 18.2 Å². The van der Waals surface area contributed by atoms with Gasteiger partial charge in [0.05, 0.1) is 5.69 Å². The Hall–Kier alpha value is -1.79. The first kappa shape index (κ1) is 15.6. The van der Waals surface area contributed by atoms with Gasteiger partial charge in [-0.05, 0) is 38.5 Å². The molecule has 0 fully saturated rings. The molecule has 2 aromatic rings. The highest BCUT2D eigenvalue weighted by Gasteiger charge is 2.16. The van der Waals surface area contributed by atoms with Crippen molar-refractivity contribution < 1.29 is 8.78 Å². The molecular formula is C15H20F2N4. The molecule has 0 radical (unpaired) electrons. The fourth-order valence-electron chi connectivity index (χ4n) is 2.19. The summed E-state index contributed by atoms with van der Waals surface area (Å²) in [4.78, 5) is 0. The second-order valence-electron chi connectivity index (χ2n) is 5.35. The Bertz CT molecular complexity index is 575. The maximum Gasteiger partial charge on any atom is 0.129 e. The van der Waals surface area contributed by atoms with Crippen LogP contribution < -0.4 is 11.3 Å². The summed E-state index contributed by atoms with van der Waals surface area (Å²) in [5, 5.41) is 4.42. The molecule has 0 spiro atoms. The number of nitrogens with one attached hydrogen (secondary N) is 1. The zero-order valence-corrected chi connectivity index (χ0v) is 12.2. The van der Waals surface area contributed by atoms with Crippen LogP contribution in [0.1, 0.15) is 31.1 Å². The van der Waals surface area contributed by atoms with Gasteiger partial charge in [-0.25, -0.2) is 8.78 Å². The van der Waals surface area contributed by atoms with Crippen LogP contribution in [0, 0.1) is 11.6 Å². The molecule has 0 aliphatic heterocycles. The van der Waals surface area contributed by atoms with E-state index in [0.717, 1.165) is 5.69 Å². The van der Waals surface area contributed by atoms with Crippen molar-refractivity contribution in [3.8, 4) is 0 Å². The maximum absolute atomic E-state index is 13.7. The van der Waals surface area contributed by atoms with Gasteiger partial charge >= 0.3 is 0 Å². The van der Waals surface area contributed by atoms with Gasteiger partial charge in [0.15, 0.2) is 0 Å². The lowest BCUT2D eigenvalue weighted by molar-refractivity contribution is 0.473. The van der Waals surface area contributed by atoms with E-state index in [9.17, 15) is 8.78 Å². The van der Waals surface area contributed by atoms with E-state index in [-0.39, 0.29) is 24.1 Å². The first-order chi connectivity index (χ1) is 10.0. The van der Waals surface area contributed by atoms with Crippen molar-refractivity contribution in [3.63, 3.8) is 0 Å². The summed E-state index contributed by atoms with van der Waals surface area (Å²) in [6.45, 7) is 4.06. The van der Waals surface area contributed by atoms with Crippen molar-refractivity contribution in [2.24, 2.45) is 5.84 Å². The summed E-state index contributed by atoms with van der Waals surface area (Å²) in [7, 11) is 0. The van der Waals surface area contributed by atoms with Crippen LogP contribution in [-0.2, 0) is 12.8 Å². The molecule has 0 aliphatic rings. The molecule has 114 valence electrons.